The van der Waals surface area contributed by atoms with Crippen LogP contribution in [0.2, 0.25) is 0 Å². The van der Waals surface area contributed by atoms with Crippen LogP contribution >= 0.6 is 0 Å². The van der Waals surface area contributed by atoms with E-state index in [1.807, 2.05) is 0 Å². The van der Waals surface area contributed by atoms with Gasteiger partial charge in [0.1, 0.15) is 0 Å². The molecule has 0 aromatic carbocycles. The lowest BCUT2D eigenvalue weighted by Crippen LogP contribution is -1.95. The number of aryl methyl sites for hydroxylation is 1. The highest BCUT2D eigenvalue weighted by Gasteiger charge is 2.18. The Morgan fingerprint density at radius 2 is 2.36 bits per heavy atom. The van der Waals surface area contributed by atoms with Gasteiger partial charge in [-0.05, 0) is 9.91 Å². The number of aromatic nitrogens is 3. The van der Waals surface area contributed by atoms with Gasteiger partial charge >= 0.3 is 12.0 Å². The van der Waals surface area contributed by atoms with Gasteiger partial charge in [-0.25, -0.2) is 0 Å². The SMILES string of the molecule is COc1nc([N+](=O)[O-])nn1C. The highest BCUT2D eigenvalue weighted by atomic mass is 16.6. The molecule has 1 heterocycles. The Labute approximate surface area is 61.8 Å². The monoisotopic (exact) mass is 158 g/mol. The Morgan fingerprint density at radius 1 is 1.73 bits per heavy atom. The smallest absolute Gasteiger partial charge is 0.454 e. The zero-order chi connectivity index (χ0) is 8.43. The van der Waals surface area contributed by atoms with Crippen molar-refractivity contribution in [3.63, 3.8) is 0 Å². The maximum absolute atomic E-state index is 10.1. The summed E-state index contributed by atoms with van der Waals surface area (Å²) in [5.74, 6) is -0.454. The number of hydrogen-bond donors (Lipinski definition) is 0. The van der Waals surface area contributed by atoms with Gasteiger partial charge in [-0.1, -0.05) is 0 Å². The third-order valence-corrected chi connectivity index (χ3v) is 1.06. The second kappa shape index (κ2) is 2.52. The van der Waals surface area contributed by atoms with Gasteiger partial charge < -0.3 is 14.9 Å². The maximum Gasteiger partial charge on any atom is 0.494 e. The summed E-state index contributed by atoms with van der Waals surface area (Å²) >= 11 is 0. The van der Waals surface area contributed by atoms with E-state index in [-0.39, 0.29) is 6.01 Å². The second-order valence-corrected chi connectivity index (χ2v) is 1.78. The van der Waals surface area contributed by atoms with Crippen LogP contribution in [0, 0.1) is 10.1 Å². The first-order chi connectivity index (χ1) is 5.15. The van der Waals surface area contributed by atoms with E-state index in [4.69, 9.17) is 0 Å². The summed E-state index contributed by atoms with van der Waals surface area (Å²) in [5.41, 5.74) is 0. The maximum atomic E-state index is 10.1. The van der Waals surface area contributed by atoms with E-state index in [1.165, 1.54) is 18.8 Å². The highest BCUT2D eigenvalue weighted by molar-refractivity contribution is 5.07. The van der Waals surface area contributed by atoms with Gasteiger partial charge in [0.25, 0.3) is 0 Å². The molecule has 60 valence electrons. The molecule has 0 aliphatic rings. The van der Waals surface area contributed by atoms with E-state index >= 15 is 0 Å². The Hall–Kier alpha value is -1.66. The molecule has 0 saturated carbocycles. The van der Waals surface area contributed by atoms with Crippen molar-refractivity contribution in [2.75, 3.05) is 7.11 Å². The van der Waals surface area contributed by atoms with Gasteiger partial charge in [-0.2, -0.15) is 0 Å². The molecule has 0 spiro atoms. The molecular weight excluding hydrogens is 152 g/mol. The molecule has 0 bridgehead atoms. The highest BCUT2D eigenvalue weighted by Crippen LogP contribution is 2.09. The van der Waals surface area contributed by atoms with Crippen LogP contribution in [0.15, 0.2) is 0 Å². The van der Waals surface area contributed by atoms with E-state index in [1.54, 1.807) is 0 Å². The van der Waals surface area contributed by atoms with Crippen molar-refractivity contribution in [2.45, 2.75) is 0 Å². The molecule has 0 saturated heterocycles. The minimum atomic E-state index is -0.678. The van der Waals surface area contributed by atoms with E-state index in [0.29, 0.717) is 0 Å². The summed E-state index contributed by atoms with van der Waals surface area (Å²) in [5, 5.41) is 13.6. The van der Waals surface area contributed by atoms with Gasteiger partial charge in [0.15, 0.2) is 0 Å². The molecule has 1 aromatic heterocycles. The molecule has 0 aliphatic carbocycles. The average Bonchev–Trinajstić information content (AvgIpc) is 2.31. The lowest BCUT2D eigenvalue weighted by atomic mass is 11.0. The standard InChI is InChI=1S/C4H6N4O3/c1-7-4(11-2)5-3(6-7)8(9)10/h1-2H3. The molecule has 1 aromatic rings. The second-order valence-electron chi connectivity index (χ2n) is 1.78. The zero-order valence-corrected chi connectivity index (χ0v) is 6.01. The molecule has 0 amide bonds. The molecule has 0 unspecified atom stereocenters. The number of rotatable bonds is 2. The van der Waals surface area contributed by atoms with Gasteiger partial charge in [-0.15, -0.1) is 4.68 Å². The van der Waals surface area contributed by atoms with Gasteiger partial charge in [-0.3, -0.25) is 0 Å². The normalized spacial score (nSPS) is 9.64. The largest absolute Gasteiger partial charge is 0.494 e. The number of nitro groups is 1. The molecule has 1 rings (SSSR count). The van der Waals surface area contributed by atoms with Crippen LogP contribution in [0.3, 0.4) is 0 Å². The third kappa shape index (κ3) is 1.26. The average molecular weight is 158 g/mol. The predicted octanol–water partition coefficient (Wildman–Crippen LogP) is -0.268. The first-order valence-electron chi connectivity index (χ1n) is 2.74. The first-order valence-corrected chi connectivity index (χ1v) is 2.74. The molecule has 11 heavy (non-hydrogen) atoms. The molecule has 0 fully saturated rings. The summed E-state index contributed by atoms with van der Waals surface area (Å²) in [6.45, 7) is 0. The van der Waals surface area contributed by atoms with Crippen molar-refractivity contribution in [3.8, 4) is 6.01 Å². The van der Waals surface area contributed by atoms with E-state index in [9.17, 15) is 10.1 Å². The third-order valence-electron chi connectivity index (χ3n) is 1.06. The molecule has 0 radical (unpaired) electrons. The number of ether oxygens (including phenoxy) is 1. The summed E-state index contributed by atoms with van der Waals surface area (Å²) in [4.78, 5) is 12.9. The van der Waals surface area contributed by atoms with Crippen LogP contribution in [0.25, 0.3) is 0 Å². The predicted molar refractivity (Wildman–Crippen MR) is 34.2 cm³/mol. The number of hydrogen-bond acceptors (Lipinski definition) is 5. The lowest BCUT2D eigenvalue weighted by molar-refractivity contribution is -0.394. The van der Waals surface area contributed by atoms with Crippen molar-refractivity contribution in [3.05, 3.63) is 10.1 Å². The van der Waals surface area contributed by atoms with Crippen molar-refractivity contribution in [1.82, 2.24) is 14.8 Å². The molecule has 7 nitrogen and oxygen atoms in total. The number of methoxy groups -OCH3 is 1. The molecular formula is C4H6N4O3. The van der Waals surface area contributed by atoms with Crippen LogP contribution in [0.1, 0.15) is 0 Å². The molecule has 0 aliphatic heterocycles. The fourth-order valence-electron chi connectivity index (χ4n) is 0.612. The molecule has 0 N–H and O–H groups in total. The van der Waals surface area contributed by atoms with E-state index in [2.05, 4.69) is 14.8 Å². The molecule has 7 heteroatoms. The van der Waals surface area contributed by atoms with Gasteiger partial charge in [0.2, 0.25) is 0 Å². The fourth-order valence-corrected chi connectivity index (χ4v) is 0.612. The summed E-state index contributed by atoms with van der Waals surface area (Å²) < 4.78 is 5.85. The quantitative estimate of drug-likeness (QED) is 0.437. The van der Waals surface area contributed by atoms with Crippen LogP contribution in [-0.4, -0.2) is 26.8 Å². The van der Waals surface area contributed by atoms with Crippen molar-refractivity contribution in [2.24, 2.45) is 7.05 Å². The van der Waals surface area contributed by atoms with Crippen molar-refractivity contribution >= 4 is 5.95 Å². The van der Waals surface area contributed by atoms with Crippen LogP contribution < -0.4 is 4.74 Å². The van der Waals surface area contributed by atoms with E-state index < -0.39 is 10.9 Å². The molecule has 0 atom stereocenters. The summed E-state index contributed by atoms with van der Waals surface area (Å²) in [7, 11) is 2.88. The van der Waals surface area contributed by atoms with Gasteiger partial charge in [0, 0.05) is 5.10 Å². The van der Waals surface area contributed by atoms with Crippen molar-refractivity contribution in [1.29, 1.82) is 0 Å². The first kappa shape index (κ1) is 7.45. The summed E-state index contributed by atoms with van der Waals surface area (Å²) in [6, 6.07) is 0.122. The topological polar surface area (TPSA) is 83.1 Å². The van der Waals surface area contributed by atoms with E-state index in [0.717, 1.165) is 0 Å². The summed E-state index contributed by atoms with van der Waals surface area (Å²) in [6.07, 6.45) is 0. The Morgan fingerprint density at radius 3 is 2.64 bits per heavy atom. The van der Waals surface area contributed by atoms with Crippen LogP contribution in [0.5, 0.6) is 6.01 Å². The minimum Gasteiger partial charge on any atom is -0.454 e. The Balaban J connectivity index is 3.05. The van der Waals surface area contributed by atoms with Crippen LogP contribution in [-0.2, 0) is 7.05 Å². The van der Waals surface area contributed by atoms with Gasteiger partial charge in [0.05, 0.1) is 14.2 Å². The van der Waals surface area contributed by atoms with Crippen molar-refractivity contribution < 1.29 is 9.66 Å². The lowest BCUT2D eigenvalue weighted by Gasteiger charge is -1.86. The minimum absolute atomic E-state index is 0.122. The zero-order valence-electron chi connectivity index (χ0n) is 6.01. The fraction of sp³-hybridized carbons (Fsp3) is 0.500. The number of nitrogens with zero attached hydrogens (tertiary/aromatic N) is 4. The van der Waals surface area contributed by atoms with Crippen LogP contribution in [0.4, 0.5) is 5.95 Å². The Kier molecular flexibility index (Phi) is 1.71. The Bertz CT molecular complexity index is 281.